The molecule has 0 radical (unpaired) electrons. The van der Waals surface area contributed by atoms with Gasteiger partial charge < -0.3 is 19.5 Å². The van der Waals surface area contributed by atoms with Gasteiger partial charge in [-0.15, -0.1) is 0 Å². The fraction of sp³-hybridized carbons (Fsp3) is 0.222. The van der Waals surface area contributed by atoms with Crippen molar-refractivity contribution >= 4 is 55.9 Å². The fourth-order valence-electron chi connectivity index (χ4n) is 5.92. The molecule has 0 saturated heterocycles. The SMILES string of the molecule is Cc1cc(OCCCc2c(C(=O)NS(=O)(=O)c3ccc(C(=O)NCc4ccncc4)o3)[nH]c3c(-c4c(C)n[nH]c4C)c(Cl)ccc23)cc(C)c1Cl. The Morgan fingerprint density at radius 1 is 0.941 bits per heavy atom. The van der Waals surface area contributed by atoms with Crippen LogP contribution in [0.25, 0.3) is 22.0 Å². The molecular formula is C36H34Cl2N6O6S. The molecule has 0 aliphatic rings. The molecule has 0 spiro atoms. The monoisotopic (exact) mass is 748 g/mol. The Morgan fingerprint density at radius 3 is 2.35 bits per heavy atom. The van der Waals surface area contributed by atoms with E-state index in [0.717, 1.165) is 34.0 Å². The van der Waals surface area contributed by atoms with Crippen LogP contribution in [0.1, 0.15) is 61.1 Å². The Hall–Kier alpha value is -5.11. The summed E-state index contributed by atoms with van der Waals surface area (Å²) in [6.07, 6.45) is 4.01. The summed E-state index contributed by atoms with van der Waals surface area (Å²) in [5.41, 5.74) is 6.58. The number of sulfonamides is 1. The van der Waals surface area contributed by atoms with Gasteiger partial charge in [-0.25, -0.2) is 4.72 Å². The summed E-state index contributed by atoms with van der Waals surface area (Å²) in [5, 5.41) is 11.1. The van der Waals surface area contributed by atoms with E-state index in [1.807, 2.05) is 39.8 Å². The maximum Gasteiger partial charge on any atom is 0.297 e. The number of aromatic amines is 2. The first-order valence-electron chi connectivity index (χ1n) is 15.9. The molecule has 4 aromatic heterocycles. The van der Waals surface area contributed by atoms with Gasteiger partial charge in [0.2, 0.25) is 5.09 Å². The van der Waals surface area contributed by atoms with Crippen LogP contribution in [-0.4, -0.2) is 47.0 Å². The Labute approximate surface area is 304 Å². The van der Waals surface area contributed by atoms with Crippen LogP contribution in [0, 0.1) is 27.7 Å². The fourth-order valence-corrected chi connectivity index (χ4v) is 7.17. The third-order valence-corrected chi connectivity index (χ3v) is 10.5. The van der Waals surface area contributed by atoms with Crippen molar-refractivity contribution in [3.8, 4) is 16.9 Å². The molecule has 12 nitrogen and oxygen atoms in total. The highest BCUT2D eigenvalue weighted by molar-refractivity contribution is 7.90. The maximum atomic E-state index is 13.9. The van der Waals surface area contributed by atoms with E-state index in [0.29, 0.717) is 63.0 Å². The van der Waals surface area contributed by atoms with Gasteiger partial charge in [-0.2, -0.15) is 13.5 Å². The van der Waals surface area contributed by atoms with Crippen molar-refractivity contribution in [2.45, 2.75) is 52.2 Å². The lowest BCUT2D eigenvalue weighted by Gasteiger charge is -2.11. The minimum Gasteiger partial charge on any atom is -0.494 e. The standard InChI is InChI=1S/C36H34Cl2N6O6S/c1-19-16-24(17-20(2)32(19)38)49-15-5-6-25-26-7-8-27(37)31(30-21(3)42-43-22(30)4)33(26)41-34(25)36(46)44-51(47,48)29-10-9-28(50-29)35(45)40-18-23-11-13-39-14-12-23/h7-14,16-17,41H,5-6,15,18H2,1-4H3,(H,40,45)(H,42,43)(H,44,46). The Morgan fingerprint density at radius 2 is 1.67 bits per heavy atom. The third-order valence-electron chi connectivity index (χ3n) is 8.39. The summed E-state index contributed by atoms with van der Waals surface area (Å²) in [4.78, 5) is 33.6. The number of hydrogen-bond acceptors (Lipinski definition) is 8. The molecule has 0 fully saturated rings. The molecule has 0 unspecified atom stereocenters. The van der Waals surface area contributed by atoms with E-state index < -0.39 is 26.9 Å². The van der Waals surface area contributed by atoms with Gasteiger partial charge in [0.05, 0.1) is 22.8 Å². The molecule has 0 bridgehead atoms. The highest BCUT2D eigenvalue weighted by Crippen LogP contribution is 2.40. The Bertz CT molecular complexity index is 2340. The van der Waals surface area contributed by atoms with Crippen LogP contribution < -0.4 is 14.8 Å². The number of aromatic nitrogens is 4. The third kappa shape index (κ3) is 7.51. The van der Waals surface area contributed by atoms with Crippen molar-refractivity contribution in [2.24, 2.45) is 0 Å². The van der Waals surface area contributed by atoms with Crippen LogP contribution in [0.15, 0.2) is 70.4 Å². The molecule has 4 N–H and O–H groups in total. The van der Waals surface area contributed by atoms with Crippen molar-refractivity contribution in [1.82, 2.24) is 30.2 Å². The maximum absolute atomic E-state index is 13.9. The minimum absolute atomic E-state index is 0.0240. The molecule has 0 atom stereocenters. The summed E-state index contributed by atoms with van der Waals surface area (Å²) < 4.78 is 40.3. The zero-order valence-corrected chi connectivity index (χ0v) is 30.4. The number of carbonyl (C=O) groups is 2. The molecule has 4 heterocycles. The predicted molar refractivity (Wildman–Crippen MR) is 194 cm³/mol. The summed E-state index contributed by atoms with van der Waals surface area (Å²) >= 11 is 13.1. The lowest BCUT2D eigenvalue weighted by Crippen LogP contribution is -2.31. The van der Waals surface area contributed by atoms with Crippen molar-refractivity contribution in [3.63, 3.8) is 0 Å². The van der Waals surface area contributed by atoms with Gasteiger partial charge >= 0.3 is 0 Å². The van der Waals surface area contributed by atoms with Crippen LogP contribution in [0.2, 0.25) is 10.0 Å². The van der Waals surface area contributed by atoms with E-state index in [1.54, 1.807) is 36.7 Å². The average molecular weight is 750 g/mol. The Balaban J connectivity index is 1.28. The number of rotatable bonds is 12. The van der Waals surface area contributed by atoms with E-state index in [4.69, 9.17) is 32.4 Å². The Kier molecular flexibility index (Phi) is 10.2. The summed E-state index contributed by atoms with van der Waals surface area (Å²) in [6.45, 7) is 8.00. The first kappa shape index (κ1) is 35.7. The van der Waals surface area contributed by atoms with Crippen LogP contribution >= 0.6 is 23.2 Å². The second-order valence-electron chi connectivity index (χ2n) is 12.0. The quantitative estimate of drug-likeness (QED) is 0.0956. The number of fused-ring (bicyclic) bond motifs is 1. The highest BCUT2D eigenvalue weighted by atomic mass is 35.5. The predicted octanol–water partition coefficient (Wildman–Crippen LogP) is 7.15. The number of ether oxygens (including phenoxy) is 1. The number of nitrogens with one attached hydrogen (secondary N) is 4. The van der Waals surface area contributed by atoms with E-state index in [9.17, 15) is 18.0 Å². The lowest BCUT2D eigenvalue weighted by atomic mass is 9.98. The van der Waals surface area contributed by atoms with Gasteiger partial charge in [-0.05, 0) is 105 Å². The summed E-state index contributed by atoms with van der Waals surface area (Å²) in [5.74, 6) is -1.12. The van der Waals surface area contributed by atoms with Crippen LogP contribution in [0.4, 0.5) is 0 Å². The van der Waals surface area contributed by atoms with Crippen molar-refractivity contribution in [3.05, 3.63) is 116 Å². The van der Waals surface area contributed by atoms with Gasteiger partial charge in [0.25, 0.3) is 21.8 Å². The van der Waals surface area contributed by atoms with E-state index >= 15 is 0 Å². The number of benzene rings is 2. The molecule has 264 valence electrons. The molecule has 6 rings (SSSR count). The van der Waals surface area contributed by atoms with Gasteiger partial charge in [0.15, 0.2) is 5.76 Å². The molecule has 2 amide bonds. The highest BCUT2D eigenvalue weighted by Gasteiger charge is 2.28. The largest absolute Gasteiger partial charge is 0.494 e. The van der Waals surface area contributed by atoms with E-state index in [-0.39, 0.29) is 18.0 Å². The number of H-pyrrole nitrogens is 2. The zero-order chi connectivity index (χ0) is 36.4. The van der Waals surface area contributed by atoms with Gasteiger partial charge in [0, 0.05) is 46.2 Å². The second kappa shape index (κ2) is 14.6. The molecule has 6 aromatic rings. The van der Waals surface area contributed by atoms with Crippen molar-refractivity contribution < 1.29 is 27.2 Å². The zero-order valence-electron chi connectivity index (χ0n) is 28.1. The lowest BCUT2D eigenvalue weighted by molar-refractivity contribution is 0.0917. The molecule has 15 heteroatoms. The van der Waals surface area contributed by atoms with Gasteiger partial charge in [-0.1, -0.05) is 29.3 Å². The number of hydrogen-bond donors (Lipinski definition) is 4. The van der Waals surface area contributed by atoms with Crippen molar-refractivity contribution in [1.29, 1.82) is 0 Å². The number of pyridine rings is 1. The summed E-state index contributed by atoms with van der Waals surface area (Å²) in [7, 11) is -4.54. The normalized spacial score (nSPS) is 11.6. The average Bonchev–Trinajstić information content (AvgIpc) is 3.83. The van der Waals surface area contributed by atoms with Crippen LogP contribution in [0.3, 0.4) is 0 Å². The van der Waals surface area contributed by atoms with Crippen molar-refractivity contribution in [2.75, 3.05) is 6.61 Å². The number of carbonyl (C=O) groups excluding carboxylic acids is 2. The van der Waals surface area contributed by atoms with E-state index in [2.05, 4.69) is 30.2 Å². The first-order valence-corrected chi connectivity index (χ1v) is 18.2. The summed E-state index contributed by atoms with van der Waals surface area (Å²) in [6, 6.07) is 13.0. The topological polar surface area (TPSA) is 172 Å². The smallest absolute Gasteiger partial charge is 0.297 e. The molecule has 2 aromatic carbocycles. The number of halogens is 2. The first-order chi connectivity index (χ1) is 24.3. The van der Waals surface area contributed by atoms with E-state index in [1.165, 1.54) is 6.07 Å². The molecular weight excluding hydrogens is 715 g/mol. The number of amides is 2. The van der Waals surface area contributed by atoms with Gasteiger partial charge in [-0.3, -0.25) is 19.7 Å². The minimum atomic E-state index is -4.54. The second-order valence-corrected chi connectivity index (χ2v) is 14.4. The van der Waals surface area contributed by atoms with Crippen LogP contribution in [-0.2, 0) is 23.0 Å². The molecule has 0 aliphatic carbocycles. The number of aryl methyl sites for hydroxylation is 5. The number of nitrogens with zero attached hydrogens (tertiary/aromatic N) is 2. The van der Waals surface area contributed by atoms with Crippen LogP contribution in [0.5, 0.6) is 5.75 Å². The van der Waals surface area contributed by atoms with Gasteiger partial charge in [0.1, 0.15) is 11.4 Å². The molecule has 51 heavy (non-hydrogen) atoms. The number of furan rings is 1. The molecule has 0 aliphatic heterocycles. The molecule has 0 saturated carbocycles.